The molecule has 8 unspecified atom stereocenters. The first-order valence-corrected chi connectivity index (χ1v) is 16.9. The number of likely N-dealkylation sites (tertiary alicyclic amines) is 1. The normalized spacial score (nSPS) is 29.0. The van der Waals surface area contributed by atoms with E-state index in [1.807, 2.05) is 51.6 Å². The summed E-state index contributed by atoms with van der Waals surface area (Å²) in [5.74, 6) is 2.83. The Morgan fingerprint density at radius 3 is 2.60 bits per heavy atom. The predicted octanol–water partition coefficient (Wildman–Crippen LogP) is 3.73. The van der Waals surface area contributed by atoms with Crippen LogP contribution in [-0.4, -0.2) is 98.8 Å². The number of nitrogens with zero attached hydrogens (tertiary/aromatic N) is 1. The zero-order valence-electron chi connectivity index (χ0n) is 25.4. The van der Waals surface area contributed by atoms with Gasteiger partial charge in [0.25, 0.3) is 0 Å². The largest absolute Gasteiger partial charge is 0.468 e. The topological polar surface area (TPSA) is 142 Å². The molecule has 0 saturated carbocycles. The lowest BCUT2D eigenvalue weighted by molar-refractivity contribution is -0.201. The van der Waals surface area contributed by atoms with Gasteiger partial charge in [0, 0.05) is 13.1 Å². The molecule has 2 aliphatic heterocycles. The maximum atomic E-state index is 13.5. The van der Waals surface area contributed by atoms with E-state index >= 15 is 0 Å². The van der Waals surface area contributed by atoms with Crippen LogP contribution in [0.5, 0.6) is 0 Å². The van der Waals surface area contributed by atoms with Gasteiger partial charge in [0.2, 0.25) is 5.91 Å². The molecule has 0 aliphatic carbocycles. The Hall–Kier alpha value is -1.09. The summed E-state index contributed by atoms with van der Waals surface area (Å²) < 4.78 is 16.8. The molecule has 0 bridgehead atoms. The van der Waals surface area contributed by atoms with Crippen LogP contribution >= 0.6 is 37.0 Å². The minimum Gasteiger partial charge on any atom is -0.468 e. The van der Waals surface area contributed by atoms with E-state index in [0.717, 1.165) is 36.5 Å². The lowest BCUT2D eigenvalue weighted by Gasteiger charge is -2.41. The Labute approximate surface area is 265 Å². The van der Waals surface area contributed by atoms with Gasteiger partial charge >= 0.3 is 6.09 Å². The van der Waals surface area contributed by atoms with E-state index < -0.39 is 47.6 Å². The number of nitrogens with one attached hydrogen (secondary N) is 1. The molecule has 3 heterocycles. The molecule has 1 aromatic heterocycles. The summed E-state index contributed by atoms with van der Waals surface area (Å²) >= 11 is 3.10. The Balaban J connectivity index is 0.00000616. The average molecular weight is 651 g/mol. The zero-order valence-corrected chi connectivity index (χ0v) is 28.0. The molecule has 242 valence electrons. The number of furan rings is 1. The minimum atomic E-state index is -1.29. The van der Waals surface area contributed by atoms with E-state index in [1.165, 1.54) is 11.8 Å². The van der Waals surface area contributed by atoms with Crippen molar-refractivity contribution in [1.29, 1.82) is 0 Å². The smallest absolute Gasteiger partial charge is 0.410 e. The van der Waals surface area contributed by atoms with Crippen molar-refractivity contribution < 1.29 is 38.8 Å². The standard InChI is InChI=1S/C29H48N2O8S2.H2S/c1-18(14-22-23(32)24(33)25(34)27(38-22)40-5)16-30-26(35)21-15-19(8-7-13-41-17-20-9-6-12-37-20)10-11-31(21)28(36)39-29(2,3)4;/h6,9,12,18-19,21-25,27,32-34H,7-8,10-11,13-17H2,1-5H3,(H,30,35);1H2. The summed E-state index contributed by atoms with van der Waals surface area (Å²) in [7, 11) is 0. The molecular formula is C29H50N2O8S3. The third kappa shape index (κ3) is 11.1. The van der Waals surface area contributed by atoms with E-state index in [2.05, 4.69) is 5.32 Å². The van der Waals surface area contributed by atoms with Crippen LogP contribution < -0.4 is 5.32 Å². The third-order valence-corrected chi connectivity index (χ3v) is 9.45. The second-order valence-corrected chi connectivity index (χ2v) is 14.2. The fourth-order valence-corrected chi connectivity index (χ4v) is 6.88. The monoisotopic (exact) mass is 650 g/mol. The highest BCUT2D eigenvalue weighted by Crippen LogP contribution is 2.31. The molecule has 10 nitrogen and oxygen atoms in total. The first-order valence-electron chi connectivity index (χ1n) is 14.5. The molecule has 0 aromatic carbocycles. The van der Waals surface area contributed by atoms with Crippen LogP contribution in [0.15, 0.2) is 22.8 Å². The minimum absolute atomic E-state index is 0. The quantitative estimate of drug-likeness (QED) is 0.247. The first kappa shape index (κ1) is 37.1. The molecule has 2 aliphatic rings. The number of amides is 2. The predicted molar refractivity (Wildman–Crippen MR) is 171 cm³/mol. The molecule has 2 saturated heterocycles. The molecule has 1 aromatic rings. The van der Waals surface area contributed by atoms with Crippen LogP contribution in [0.3, 0.4) is 0 Å². The van der Waals surface area contributed by atoms with Gasteiger partial charge in [-0.1, -0.05) is 6.92 Å². The number of piperidine rings is 1. The average Bonchev–Trinajstić information content (AvgIpc) is 3.44. The van der Waals surface area contributed by atoms with Crippen LogP contribution in [0.4, 0.5) is 4.79 Å². The highest BCUT2D eigenvalue weighted by atomic mass is 32.2. The first-order chi connectivity index (χ1) is 19.4. The second-order valence-electron chi connectivity index (χ2n) is 12.2. The van der Waals surface area contributed by atoms with Crippen molar-refractivity contribution in [3.05, 3.63) is 24.2 Å². The molecule has 0 radical (unpaired) electrons. The van der Waals surface area contributed by atoms with Gasteiger partial charge in [-0.15, -0.1) is 11.8 Å². The number of aliphatic hydroxyl groups is 3. The van der Waals surface area contributed by atoms with E-state index in [-0.39, 0.29) is 25.3 Å². The van der Waals surface area contributed by atoms with Crippen molar-refractivity contribution in [2.45, 2.75) is 107 Å². The van der Waals surface area contributed by atoms with E-state index in [0.29, 0.717) is 31.8 Å². The van der Waals surface area contributed by atoms with Gasteiger partial charge < -0.3 is 34.5 Å². The van der Waals surface area contributed by atoms with E-state index in [4.69, 9.17) is 13.9 Å². The van der Waals surface area contributed by atoms with E-state index in [9.17, 15) is 24.9 Å². The highest BCUT2D eigenvalue weighted by molar-refractivity contribution is 7.99. The van der Waals surface area contributed by atoms with Crippen molar-refractivity contribution in [1.82, 2.24) is 10.2 Å². The summed E-state index contributed by atoms with van der Waals surface area (Å²) in [6.45, 7) is 8.15. The number of carbonyl (C=O) groups is 2. The van der Waals surface area contributed by atoms with Gasteiger partial charge in [-0.05, 0) is 88.9 Å². The number of rotatable bonds is 12. The molecule has 8 atom stereocenters. The number of hydrogen-bond acceptors (Lipinski definition) is 10. The van der Waals surface area contributed by atoms with Crippen molar-refractivity contribution >= 4 is 49.0 Å². The fraction of sp³-hybridized carbons (Fsp3) is 0.793. The van der Waals surface area contributed by atoms with Crippen molar-refractivity contribution in [3.63, 3.8) is 0 Å². The van der Waals surface area contributed by atoms with Gasteiger partial charge in [0.15, 0.2) is 0 Å². The number of carbonyl (C=O) groups excluding carboxylic acids is 2. The van der Waals surface area contributed by atoms with Crippen molar-refractivity contribution in [2.75, 3.05) is 25.1 Å². The molecule has 13 heteroatoms. The van der Waals surface area contributed by atoms with Gasteiger partial charge in [-0.25, -0.2) is 4.79 Å². The maximum Gasteiger partial charge on any atom is 0.410 e. The SMILES string of the molecule is CSC1OC(CC(C)CNC(=O)C2CC(CCCSCc3ccco3)CCN2C(=O)OC(C)(C)C)C(O)C(O)C1O.S. The summed E-state index contributed by atoms with van der Waals surface area (Å²) in [6.07, 6.45) is 2.42. The Kier molecular flexibility index (Phi) is 15.4. The molecule has 3 rings (SSSR count). The molecule has 4 N–H and O–H groups in total. The summed E-state index contributed by atoms with van der Waals surface area (Å²) in [4.78, 5) is 28.0. The third-order valence-electron chi connectivity index (χ3n) is 7.53. The van der Waals surface area contributed by atoms with Crippen molar-refractivity contribution in [3.8, 4) is 0 Å². The Morgan fingerprint density at radius 2 is 1.95 bits per heavy atom. The Bertz CT molecular complexity index is 946. The zero-order chi connectivity index (χ0) is 30.2. The maximum absolute atomic E-state index is 13.5. The molecule has 42 heavy (non-hydrogen) atoms. The van der Waals surface area contributed by atoms with Gasteiger partial charge in [-0.2, -0.15) is 25.3 Å². The summed E-state index contributed by atoms with van der Waals surface area (Å²) in [6, 6.07) is 3.24. The molecule has 2 amide bonds. The molecule has 2 fully saturated rings. The lowest BCUT2D eigenvalue weighted by atomic mass is 9.87. The van der Waals surface area contributed by atoms with Crippen LogP contribution in [0.1, 0.15) is 65.6 Å². The van der Waals surface area contributed by atoms with E-state index in [1.54, 1.807) is 17.4 Å². The number of aliphatic hydroxyl groups excluding tert-OH is 3. The van der Waals surface area contributed by atoms with Crippen LogP contribution in [0.2, 0.25) is 0 Å². The van der Waals surface area contributed by atoms with Gasteiger partial charge in [-0.3, -0.25) is 9.69 Å². The molecular weight excluding hydrogens is 601 g/mol. The second kappa shape index (κ2) is 17.4. The summed E-state index contributed by atoms with van der Waals surface area (Å²) in [5.41, 5.74) is -1.30. The number of hydrogen-bond donors (Lipinski definition) is 4. The Morgan fingerprint density at radius 1 is 1.21 bits per heavy atom. The van der Waals surface area contributed by atoms with Gasteiger partial charge in [0.05, 0.1) is 18.1 Å². The lowest BCUT2D eigenvalue weighted by Crippen LogP contribution is -2.57. The number of ether oxygens (including phenoxy) is 2. The molecule has 0 spiro atoms. The van der Waals surface area contributed by atoms with Crippen LogP contribution in [0, 0.1) is 11.8 Å². The fourth-order valence-electron chi connectivity index (χ4n) is 5.31. The van der Waals surface area contributed by atoms with Gasteiger partial charge in [0.1, 0.15) is 41.2 Å². The van der Waals surface area contributed by atoms with Crippen LogP contribution in [0.25, 0.3) is 0 Å². The highest BCUT2D eigenvalue weighted by Gasteiger charge is 2.44. The van der Waals surface area contributed by atoms with Crippen molar-refractivity contribution in [2.24, 2.45) is 11.8 Å². The number of thioether (sulfide) groups is 2. The summed E-state index contributed by atoms with van der Waals surface area (Å²) in [5, 5.41) is 33.8. The van der Waals surface area contributed by atoms with Crippen LogP contribution in [-0.2, 0) is 20.0 Å².